The first-order valence-electron chi connectivity index (χ1n) is 4.67. The molecular weight excluding hydrogens is 122 g/mol. The van der Waals surface area contributed by atoms with E-state index in [1.165, 1.54) is 32.2 Å². The molecule has 0 amide bonds. The zero-order valence-corrected chi connectivity index (χ0v) is 7.61. The summed E-state index contributed by atoms with van der Waals surface area (Å²) in [6.45, 7) is 7.43. The van der Waals surface area contributed by atoms with Crippen molar-refractivity contribution >= 4 is 0 Å². The summed E-state index contributed by atoms with van der Waals surface area (Å²) in [7, 11) is 0. The third-order valence-corrected chi connectivity index (χ3v) is 1.79. The zero-order chi connectivity index (χ0) is 7.82. The first-order chi connectivity index (χ1) is 4.93. The summed E-state index contributed by atoms with van der Waals surface area (Å²) in [5, 5.41) is 3.47. The second kappa shape index (κ2) is 7.07. The van der Waals surface area contributed by atoms with Crippen LogP contribution >= 0.6 is 0 Å². The van der Waals surface area contributed by atoms with Gasteiger partial charge in [-0.3, -0.25) is 0 Å². The number of hydrogen-bond acceptors (Lipinski definition) is 1. The van der Waals surface area contributed by atoms with E-state index in [1.54, 1.807) is 0 Å². The van der Waals surface area contributed by atoms with E-state index in [0.29, 0.717) is 0 Å². The van der Waals surface area contributed by atoms with Crippen LogP contribution in [-0.2, 0) is 0 Å². The minimum absolute atomic E-state index is 0.884. The molecule has 1 fully saturated rings. The molecule has 1 aliphatic rings. The van der Waals surface area contributed by atoms with Gasteiger partial charge < -0.3 is 5.32 Å². The van der Waals surface area contributed by atoms with Gasteiger partial charge in [-0.1, -0.05) is 27.2 Å². The minimum atomic E-state index is 0.884. The highest BCUT2D eigenvalue weighted by Gasteiger charge is 2.14. The van der Waals surface area contributed by atoms with Crippen LogP contribution in [0.15, 0.2) is 0 Å². The zero-order valence-electron chi connectivity index (χ0n) is 7.61. The van der Waals surface area contributed by atoms with E-state index in [0.717, 1.165) is 6.04 Å². The SMILES string of the molecule is CC.CCCNC1CCC1. The first kappa shape index (κ1) is 9.96. The molecular formula is C9H21N. The lowest BCUT2D eigenvalue weighted by molar-refractivity contribution is 0.341. The molecule has 1 nitrogen and oxygen atoms in total. The topological polar surface area (TPSA) is 12.0 Å². The highest BCUT2D eigenvalue weighted by Crippen LogP contribution is 2.17. The Morgan fingerprint density at radius 2 is 1.90 bits per heavy atom. The molecule has 0 heterocycles. The molecule has 0 aromatic carbocycles. The van der Waals surface area contributed by atoms with Crippen LogP contribution in [0.2, 0.25) is 0 Å². The minimum Gasteiger partial charge on any atom is -0.314 e. The lowest BCUT2D eigenvalue weighted by Gasteiger charge is -2.26. The Labute approximate surface area is 65.2 Å². The molecule has 0 aromatic rings. The first-order valence-corrected chi connectivity index (χ1v) is 4.67. The third kappa shape index (κ3) is 3.89. The van der Waals surface area contributed by atoms with E-state index in [-0.39, 0.29) is 0 Å². The summed E-state index contributed by atoms with van der Waals surface area (Å²) in [5.74, 6) is 0. The van der Waals surface area contributed by atoms with Crippen LogP contribution in [0.4, 0.5) is 0 Å². The van der Waals surface area contributed by atoms with Crippen molar-refractivity contribution in [3.8, 4) is 0 Å². The molecule has 0 bridgehead atoms. The van der Waals surface area contributed by atoms with Gasteiger partial charge in [0, 0.05) is 6.04 Å². The monoisotopic (exact) mass is 143 g/mol. The van der Waals surface area contributed by atoms with Crippen molar-refractivity contribution in [2.75, 3.05) is 6.54 Å². The van der Waals surface area contributed by atoms with Crippen LogP contribution in [0.5, 0.6) is 0 Å². The normalized spacial score (nSPS) is 17.1. The molecule has 1 aliphatic carbocycles. The Bertz CT molecular complexity index is 57.7. The highest BCUT2D eigenvalue weighted by atomic mass is 14.9. The maximum Gasteiger partial charge on any atom is 0.00670 e. The Kier molecular flexibility index (Phi) is 7.04. The van der Waals surface area contributed by atoms with Crippen molar-refractivity contribution in [3.63, 3.8) is 0 Å². The second-order valence-corrected chi connectivity index (χ2v) is 2.58. The van der Waals surface area contributed by atoms with Gasteiger partial charge in [0.25, 0.3) is 0 Å². The maximum absolute atomic E-state index is 3.47. The van der Waals surface area contributed by atoms with E-state index in [9.17, 15) is 0 Å². The van der Waals surface area contributed by atoms with E-state index < -0.39 is 0 Å². The molecule has 0 aliphatic heterocycles. The summed E-state index contributed by atoms with van der Waals surface area (Å²) in [5.41, 5.74) is 0. The van der Waals surface area contributed by atoms with Gasteiger partial charge in [-0.2, -0.15) is 0 Å². The molecule has 1 N–H and O–H groups in total. The van der Waals surface area contributed by atoms with Crippen molar-refractivity contribution in [2.45, 2.75) is 52.5 Å². The second-order valence-electron chi connectivity index (χ2n) is 2.58. The summed E-state index contributed by atoms with van der Waals surface area (Å²) in [6.07, 6.45) is 5.55. The van der Waals surface area contributed by atoms with Gasteiger partial charge in [0.05, 0.1) is 0 Å². The lowest BCUT2D eigenvalue weighted by atomic mass is 9.93. The largest absolute Gasteiger partial charge is 0.314 e. The van der Waals surface area contributed by atoms with Gasteiger partial charge in [-0.15, -0.1) is 0 Å². The Morgan fingerprint density at radius 3 is 2.20 bits per heavy atom. The number of nitrogens with one attached hydrogen (secondary N) is 1. The maximum atomic E-state index is 3.47. The molecule has 1 heteroatoms. The molecule has 0 radical (unpaired) electrons. The molecule has 1 rings (SSSR count). The predicted molar refractivity (Wildman–Crippen MR) is 47.3 cm³/mol. The van der Waals surface area contributed by atoms with Crippen molar-refractivity contribution in [3.05, 3.63) is 0 Å². The summed E-state index contributed by atoms with van der Waals surface area (Å²) < 4.78 is 0. The average Bonchev–Trinajstić information content (AvgIpc) is 1.90. The van der Waals surface area contributed by atoms with Crippen molar-refractivity contribution in [1.29, 1.82) is 0 Å². The smallest absolute Gasteiger partial charge is 0.00670 e. The fourth-order valence-electron chi connectivity index (χ4n) is 0.961. The number of hydrogen-bond donors (Lipinski definition) is 1. The van der Waals surface area contributed by atoms with Crippen molar-refractivity contribution in [1.82, 2.24) is 5.32 Å². The number of rotatable bonds is 3. The van der Waals surface area contributed by atoms with Gasteiger partial charge in [-0.05, 0) is 25.8 Å². The van der Waals surface area contributed by atoms with E-state index in [1.807, 2.05) is 13.8 Å². The van der Waals surface area contributed by atoms with Crippen molar-refractivity contribution in [2.24, 2.45) is 0 Å². The van der Waals surface area contributed by atoms with Gasteiger partial charge in [0.2, 0.25) is 0 Å². The fourth-order valence-corrected chi connectivity index (χ4v) is 0.961. The van der Waals surface area contributed by atoms with Gasteiger partial charge in [0.15, 0.2) is 0 Å². The predicted octanol–water partition coefficient (Wildman–Crippen LogP) is 2.56. The van der Waals surface area contributed by atoms with Gasteiger partial charge >= 0.3 is 0 Å². The summed E-state index contributed by atoms with van der Waals surface area (Å²) in [6, 6.07) is 0.884. The van der Waals surface area contributed by atoms with Crippen LogP contribution in [-0.4, -0.2) is 12.6 Å². The average molecular weight is 143 g/mol. The standard InChI is InChI=1S/C7H15N.C2H6/c1-2-6-8-7-4-3-5-7;1-2/h7-8H,2-6H2,1H3;1-2H3. The van der Waals surface area contributed by atoms with Gasteiger partial charge in [-0.25, -0.2) is 0 Å². The van der Waals surface area contributed by atoms with Crippen LogP contribution < -0.4 is 5.32 Å². The fraction of sp³-hybridized carbons (Fsp3) is 1.00. The Hall–Kier alpha value is -0.0400. The van der Waals surface area contributed by atoms with E-state index in [2.05, 4.69) is 12.2 Å². The van der Waals surface area contributed by atoms with Crippen molar-refractivity contribution < 1.29 is 0 Å². The lowest BCUT2D eigenvalue weighted by Crippen LogP contribution is -2.35. The highest BCUT2D eigenvalue weighted by molar-refractivity contribution is 4.75. The third-order valence-electron chi connectivity index (χ3n) is 1.79. The molecule has 62 valence electrons. The van der Waals surface area contributed by atoms with Crippen LogP contribution in [0, 0.1) is 0 Å². The van der Waals surface area contributed by atoms with Crippen LogP contribution in [0.1, 0.15) is 46.5 Å². The van der Waals surface area contributed by atoms with E-state index >= 15 is 0 Å². The molecule has 0 saturated heterocycles. The van der Waals surface area contributed by atoms with Crippen LogP contribution in [0.25, 0.3) is 0 Å². The van der Waals surface area contributed by atoms with Crippen LogP contribution in [0.3, 0.4) is 0 Å². The summed E-state index contributed by atoms with van der Waals surface area (Å²) >= 11 is 0. The molecule has 1 saturated carbocycles. The Balaban J connectivity index is 0.000000371. The molecule has 0 spiro atoms. The quantitative estimate of drug-likeness (QED) is 0.640. The Morgan fingerprint density at radius 1 is 1.30 bits per heavy atom. The molecule has 0 atom stereocenters. The molecule has 10 heavy (non-hydrogen) atoms. The van der Waals surface area contributed by atoms with Gasteiger partial charge in [0.1, 0.15) is 0 Å². The summed E-state index contributed by atoms with van der Waals surface area (Å²) in [4.78, 5) is 0. The van der Waals surface area contributed by atoms with E-state index in [4.69, 9.17) is 0 Å². The molecule has 0 unspecified atom stereocenters. The molecule has 0 aromatic heterocycles.